The minimum Gasteiger partial charge on any atom is -0.213 e. The summed E-state index contributed by atoms with van der Waals surface area (Å²) in [5.74, 6) is 0. The van der Waals surface area contributed by atoms with Crippen LogP contribution in [0.15, 0.2) is 29.2 Å². The van der Waals surface area contributed by atoms with Crippen molar-refractivity contribution in [3.63, 3.8) is 0 Å². The van der Waals surface area contributed by atoms with Gasteiger partial charge in [0.25, 0.3) is 0 Å². The minimum atomic E-state index is -3.57. The Bertz CT molecular complexity index is 712. The number of benzene rings is 1. The van der Waals surface area contributed by atoms with Crippen LogP contribution in [-0.2, 0) is 26.5 Å². The number of sulfonamides is 2. The standard InChI is InChI=1S/C14H22N2O4S2/c1-3-13-5-7-14(8-6-13)22(19,20)16-10-4-9-15(11-12-16)21(2,17)18/h5-8H,3-4,9-12H2,1-2H3. The smallest absolute Gasteiger partial charge is 0.213 e. The fraction of sp³-hybridized carbons (Fsp3) is 0.571. The van der Waals surface area contributed by atoms with Crippen molar-refractivity contribution in [2.24, 2.45) is 0 Å². The highest BCUT2D eigenvalue weighted by Gasteiger charge is 2.29. The van der Waals surface area contributed by atoms with Crippen LogP contribution < -0.4 is 0 Å². The van der Waals surface area contributed by atoms with Gasteiger partial charge in [-0.05, 0) is 30.5 Å². The highest BCUT2D eigenvalue weighted by molar-refractivity contribution is 7.89. The van der Waals surface area contributed by atoms with Crippen LogP contribution in [0.25, 0.3) is 0 Å². The van der Waals surface area contributed by atoms with E-state index in [0.717, 1.165) is 18.2 Å². The zero-order chi connectivity index (χ0) is 16.4. The van der Waals surface area contributed by atoms with Crippen molar-refractivity contribution in [2.45, 2.75) is 24.7 Å². The molecule has 0 N–H and O–H groups in total. The third-order valence-corrected chi connectivity index (χ3v) is 7.07. The van der Waals surface area contributed by atoms with Gasteiger partial charge < -0.3 is 0 Å². The molecule has 0 unspecified atom stereocenters. The Morgan fingerprint density at radius 1 is 0.909 bits per heavy atom. The summed E-state index contributed by atoms with van der Waals surface area (Å²) in [7, 11) is -6.85. The monoisotopic (exact) mass is 346 g/mol. The van der Waals surface area contributed by atoms with Gasteiger partial charge in [0.2, 0.25) is 20.0 Å². The molecular weight excluding hydrogens is 324 g/mol. The number of nitrogens with zero attached hydrogens (tertiary/aromatic N) is 2. The minimum absolute atomic E-state index is 0.185. The molecule has 0 aliphatic carbocycles. The van der Waals surface area contributed by atoms with Crippen molar-refractivity contribution < 1.29 is 16.8 Å². The topological polar surface area (TPSA) is 74.8 Å². The molecule has 1 saturated heterocycles. The molecule has 2 rings (SSSR count). The average molecular weight is 346 g/mol. The van der Waals surface area contributed by atoms with Crippen molar-refractivity contribution in [2.75, 3.05) is 32.4 Å². The van der Waals surface area contributed by atoms with Crippen LogP contribution in [0, 0.1) is 0 Å². The maximum absolute atomic E-state index is 12.7. The first-order valence-electron chi connectivity index (χ1n) is 7.29. The van der Waals surface area contributed by atoms with Gasteiger partial charge in [0.15, 0.2) is 0 Å². The van der Waals surface area contributed by atoms with Gasteiger partial charge in [-0.15, -0.1) is 0 Å². The van der Waals surface area contributed by atoms with Crippen molar-refractivity contribution >= 4 is 20.0 Å². The van der Waals surface area contributed by atoms with Gasteiger partial charge in [-0.3, -0.25) is 0 Å². The molecule has 124 valence electrons. The highest BCUT2D eigenvalue weighted by Crippen LogP contribution is 2.19. The van der Waals surface area contributed by atoms with E-state index in [1.807, 2.05) is 19.1 Å². The Hall–Kier alpha value is -0.960. The summed E-state index contributed by atoms with van der Waals surface area (Å²) in [6.45, 7) is 3.09. The van der Waals surface area contributed by atoms with Crippen molar-refractivity contribution in [3.05, 3.63) is 29.8 Å². The number of rotatable bonds is 4. The maximum Gasteiger partial charge on any atom is 0.243 e. The molecule has 0 atom stereocenters. The summed E-state index contributed by atoms with van der Waals surface area (Å²) < 4.78 is 51.2. The van der Waals surface area contributed by atoms with Gasteiger partial charge >= 0.3 is 0 Å². The molecule has 1 heterocycles. The van der Waals surface area contributed by atoms with Crippen LogP contribution in [0.2, 0.25) is 0 Å². The van der Waals surface area contributed by atoms with Gasteiger partial charge in [0, 0.05) is 26.2 Å². The van der Waals surface area contributed by atoms with E-state index in [4.69, 9.17) is 0 Å². The normalized spacial score (nSPS) is 19.0. The second kappa shape index (κ2) is 6.66. The fourth-order valence-corrected chi connectivity index (χ4v) is 4.83. The van der Waals surface area contributed by atoms with Crippen molar-refractivity contribution in [3.8, 4) is 0 Å². The van der Waals surface area contributed by atoms with Crippen LogP contribution in [0.4, 0.5) is 0 Å². The predicted octanol–water partition coefficient (Wildman–Crippen LogP) is 0.905. The quantitative estimate of drug-likeness (QED) is 0.812. The Morgan fingerprint density at radius 3 is 2.00 bits per heavy atom. The molecule has 6 nitrogen and oxygen atoms in total. The Balaban J connectivity index is 2.19. The summed E-state index contributed by atoms with van der Waals surface area (Å²) in [6.07, 6.45) is 2.51. The number of aryl methyl sites for hydroxylation is 1. The zero-order valence-electron chi connectivity index (χ0n) is 12.9. The lowest BCUT2D eigenvalue weighted by atomic mass is 10.2. The molecule has 1 aromatic carbocycles. The number of hydrogen-bond donors (Lipinski definition) is 0. The molecule has 1 aliphatic rings. The molecular formula is C14H22N2O4S2. The van der Waals surface area contributed by atoms with E-state index in [-0.39, 0.29) is 18.0 Å². The molecule has 0 radical (unpaired) electrons. The first kappa shape index (κ1) is 17.4. The van der Waals surface area contributed by atoms with Gasteiger partial charge in [-0.1, -0.05) is 19.1 Å². The summed E-state index contributed by atoms with van der Waals surface area (Å²) in [5.41, 5.74) is 1.08. The predicted molar refractivity (Wildman–Crippen MR) is 85.6 cm³/mol. The molecule has 22 heavy (non-hydrogen) atoms. The molecule has 1 fully saturated rings. The Kier molecular flexibility index (Phi) is 5.26. The molecule has 1 aromatic rings. The number of hydrogen-bond acceptors (Lipinski definition) is 4. The third-order valence-electron chi connectivity index (χ3n) is 3.85. The fourth-order valence-electron chi connectivity index (χ4n) is 2.49. The lowest BCUT2D eigenvalue weighted by Gasteiger charge is -2.20. The second-order valence-corrected chi connectivity index (χ2v) is 9.34. The van der Waals surface area contributed by atoms with E-state index in [2.05, 4.69) is 0 Å². The SMILES string of the molecule is CCc1ccc(S(=O)(=O)N2CCCN(S(C)(=O)=O)CC2)cc1. The first-order chi connectivity index (χ1) is 10.2. The van der Waals surface area contributed by atoms with Crippen LogP contribution in [0.1, 0.15) is 18.9 Å². The van der Waals surface area contributed by atoms with Gasteiger partial charge in [-0.25, -0.2) is 21.1 Å². The van der Waals surface area contributed by atoms with E-state index in [1.165, 1.54) is 8.61 Å². The van der Waals surface area contributed by atoms with E-state index >= 15 is 0 Å². The van der Waals surface area contributed by atoms with Crippen LogP contribution in [0.3, 0.4) is 0 Å². The molecule has 0 bridgehead atoms. The van der Waals surface area contributed by atoms with Gasteiger partial charge in [0.05, 0.1) is 11.2 Å². The lowest BCUT2D eigenvalue weighted by Crippen LogP contribution is -2.36. The van der Waals surface area contributed by atoms with Crippen LogP contribution in [-0.4, -0.2) is 57.9 Å². The second-order valence-electron chi connectivity index (χ2n) is 5.42. The molecule has 8 heteroatoms. The Labute approximate surface area is 132 Å². The Morgan fingerprint density at radius 2 is 1.45 bits per heavy atom. The molecule has 0 saturated carbocycles. The molecule has 0 amide bonds. The highest BCUT2D eigenvalue weighted by atomic mass is 32.2. The summed E-state index contributed by atoms with van der Waals surface area (Å²) in [4.78, 5) is 0.262. The van der Waals surface area contributed by atoms with Gasteiger partial charge in [-0.2, -0.15) is 4.31 Å². The van der Waals surface area contributed by atoms with E-state index in [0.29, 0.717) is 19.5 Å². The van der Waals surface area contributed by atoms with E-state index in [1.54, 1.807) is 12.1 Å². The average Bonchev–Trinajstić information content (AvgIpc) is 2.73. The van der Waals surface area contributed by atoms with Gasteiger partial charge in [0.1, 0.15) is 0 Å². The molecule has 0 aromatic heterocycles. The van der Waals surface area contributed by atoms with Crippen LogP contribution >= 0.6 is 0 Å². The van der Waals surface area contributed by atoms with Crippen molar-refractivity contribution in [1.82, 2.24) is 8.61 Å². The summed E-state index contributed by atoms with van der Waals surface area (Å²) in [5, 5.41) is 0. The first-order valence-corrected chi connectivity index (χ1v) is 10.6. The zero-order valence-corrected chi connectivity index (χ0v) is 14.5. The molecule has 1 aliphatic heterocycles. The largest absolute Gasteiger partial charge is 0.243 e. The summed E-state index contributed by atoms with van der Waals surface area (Å²) >= 11 is 0. The van der Waals surface area contributed by atoms with Crippen LogP contribution in [0.5, 0.6) is 0 Å². The third kappa shape index (κ3) is 3.87. The van der Waals surface area contributed by atoms with E-state index in [9.17, 15) is 16.8 Å². The lowest BCUT2D eigenvalue weighted by molar-refractivity contribution is 0.406. The van der Waals surface area contributed by atoms with Crippen molar-refractivity contribution in [1.29, 1.82) is 0 Å². The van der Waals surface area contributed by atoms with E-state index < -0.39 is 20.0 Å². The summed E-state index contributed by atoms with van der Waals surface area (Å²) in [6, 6.07) is 6.86. The maximum atomic E-state index is 12.7. The molecule has 0 spiro atoms.